The summed E-state index contributed by atoms with van der Waals surface area (Å²) in [5, 5.41) is 0. The van der Waals surface area contributed by atoms with Crippen LogP contribution < -0.4 is 0 Å². The van der Waals surface area contributed by atoms with Crippen LogP contribution in [0.25, 0.3) is 0 Å². The molecule has 2 unspecified atom stereocenters. The second-order valence-corrected chi connectivity index (χ2v) is 15.3. The molecular formula is C19H29OSSi+. The number of rotatable bonds is 6. The van der Waals surface area contributed by atoms with E-state index in [-0.39, 0.29) is 15.8 Å². The van der Waals surface area contributed by atoms with Crippen LogP contribution in [0.1, 0.15) is 36.0 Å². The summed E-state index contributed by atoms with van der Waals surface area (Å²) in [4.78, 5) is 13.3. The zero-order valence-electron chi connectivity index (χ0n) is 14.4. The Morgan fingerprint density at radius 2 is 1.77 bits per heavy atom. The molecule has 1 aromatic rings. The third-order valence-electron chi connectivity index (χ3n) is 4.37. The Morgan fingerprint density at radius 1 is 1.18 bits per heavy atom. The van der Waals surface area contributed by atoms with Crippen LogP contribution in [-0.4, -0.2) is 30.7 Å². The van der Waals surface area contributed by atoms with Crippen molar-refractivity contribution in [3.63, 3.8) is 0 Å². The Balaban J connectivity index is 2.15. The maximum absolute atomic E-state index is 13.1. The number of ketones is 1. The fourth-order valence-electron chi connectivity index (χ4n) is 3.31. The molecule has 0 bridgehead atoms. The Hall–Kier alpha value is -0.803. The van der Waals surface area contributed by atoms with Crippen molar-refractivity contribution >= 4 is 24.8 Å². The van der Waals surface area contributed by atoms with Gasteiger partial charge in [0.1, 0.15) is 13.8 Å². The molecule has 0 saturated heterocycles. The average molecular weight is 334 g/mol. The number of carbonyl (C=O) groups excluding carboxylic acids is 1. The number of hydrogen-bond acceptors (Lipinski definition) is 1. The third kappa shape index (κ3) is 4.59. The first-order chi connectivity index (χ1) is 10.4. The van der Waals surface area contributed by atoms with E-state index in [0.29, 0.717) is 5.78 Å². The summed E-state index contributed by atoms with van der Waals surface area (Å²) in [7, 11) is -1.41. The van der Waals surface area contributed by atoms with Gasteiger partial charge in [-0.05, 0) is 42.7 Å². The Labute approximate surface area is 139 Å². The quantitative estimate of drug-likeness (QED) is 0.314. The van der Waals surface area contributed by atoms with E-state index >= 15 is 0 Å². The van der Waals surface area contributed by atoms with Gasteiger partial charge in [0, 0.05) is 5.56 Å². The minimum Gasteiger partial charge on any atom is -0.289 e. The lowest BCUT2D eigenvalue weighted by atomic mass is 10.1. The molecule has 0 spiro atoms. The van der Waals surface area contributed by atoms with Crippen molar-refractivity contribution in [1.29, 1.82) is 0 Å². The second-order valence-electron chi connectivity index (χ2n) is 7.40. The van der Waals surface area contributed by atoms with Gasteiger partial charge in [0.15, 0.2) is 4.87 Å². The fraction of sp³-hybridized carbons (Fsp3) is 0.526. The van der Waals surface area contributed by atoms with Gasteiger partial charge in [0.25, 0.3) is 0 Å². The standard InChI is InChI=1S/C19H29OSSi/c1-21(15-14-16-10-8-9-11-16)19(22(2,3)4)18(20)17-12-6-5-7-13-17/h5-7,12-14,19H,8-11,15H2,1-4H3/q+1. The smallest absolute Gasteiger partial charge is 0.210 e. The summed E-state index contributed by atoms with van der Waals surface area (Å²) >= 11 is 0. The highest BCUT2D eigenvalue weighted by Crippen LogP contribution is 2.26. The van der Waals surface area contributed by atoms with E-state index < -0.39 is 8.07 Å². The van der Waals surface area contributed by atoms with Crippen LogP contribution in [0.2, 0.25) is 19.6 Å². The predicted molar refractivity (Wildman–Crippen MR) is 103 cm³/mol. The summed E-state index contributed by atoms with van der Waals surface area (Å²) in [6.45, 7) is 7.01. The summed E-state index contributed by atoms with van der Waals surface area (Å²) in [6, 6.07) is 9.88. The molecule has 0 aliphatic heterocycles. The molecule has 1 aromatic carbocycles. The van der Waals surface area contributed by atoms with E-state index in [1.165, 1.54) is 25.7 Å². The number of benzene rings is 1. The molecule has 0 heterocycles. The molecule has 2 atom stereocenters. The monoisotopic (exact) mass is 333 g/mol. The van der Waals surface area contributed by atoms with Gasteiger partial charge >= 0.3 is 0 Å². The zero-order valence-corrected chi connectivity index (χ0v) is 16.2. The van der Waals surface area contributed by atoms with Crippen molar-refractivity contribution in [2.24, 2.45) is 0 Å². The minimum atomic E-state index is -1.54. The third-order valence-corrected chi connectivity index (χ3v) is 11.2. The molecule has 1 aliphatic rings. The first-order valence-corrected chi connectivity index (χ1v) is 13.7. The van der Waals surface area contributed by atoms with E-state index in [0.717, 1.165) is 11.3 Å². The lowest BCUT2D eigenvalue weighted by molar-refractivity contribution is 0.101. The molecule has 1 nitrogen and oxygen atoms in total. The van der Waals surface area contributed by atoms with Gasteiger partial charge in [-0.15, -0.1) is 0 Å². The average Bonchev–Trinajstić information content (AvgIpc) is 2.98. The van der Waals surface area contributed by atoms with Crippen LogP contribution in [0.5, 0.6) is 0 Å². The molecule has 2 rings (SSSR count). The summed E-state index contributed by atoms with van der Waals surface area (Å²) in [5.74, 6) is 1.46. The molecule has 120 valence electrons. The highest BCUT2D eigenvalue weighted by Gasteiger charge is 2.44. The lowest BCUT2D eigenvalue weighted by Gasteiger charge is -2.25. The highest BCUT2D eigenvalue weighted by atomic mass is 32.2. The zero-order chi connectivity index (χ0) is 16.2. The Bertz CT molecular complexity index is 522. The van der Waals surface area contributed by atoms with Crippen molar-refractivity contribution in [2.45, 2.75) is 50.2 Å². The maximum atomic E-state index is 13.1. The molecule has 0 N–H and O–H groups in total. The van der Waals surface area contributed by atoms with Crippen LogP contribution in [0.3, 0.4) is 0 Å². The number of carbonyl (C=O) groups is 1. The molecule has 0 aromatic heterocycles. The van der Waals surface area contributed by atoms with E-state index in [1.807, 2.05) is 30.3 Å². The van der Waals surface area contributed by atoms with E-state index in [9.17, 15) is 4.79 Å². The molecule has 3 heteroatoms. The molecule has 1 saturated carbocycles. The summed E-state index contributed by atoms with van der Waals surface area (Å²) < 4.78 is 0. The van der Waals surface area contributed by atoms with Gasteiger partial charge in [-0.25, -0.2) is 0 Å². The van der Waals surface area contributed by atoms with Crippen LogP contribution in [-0.2, 0) is 10.9 Å². The first kappa shape index (κ1) is 17.5. The van der Waals surface area contributed by atoms with Gasteiger partial charge in [0.2, 0.25) is 5.78 Å². The van der Waals surface area contributed by atoms with Crippen LogP contribution in [0.4, 0.5) is 0 Å². The van der Waals surface area contributed by atoms with E-state index in [4.69, 9.17) is 0 Å². The van der Waals surface area contributed by atoms with Crippen LogP contribution >= 0.6 is 0 Å². The van der Waals surface area contributed by atoms with Gasteiger partial charge in [-0.2, -0.15) is 0 Å². The van der Waals surface area contributed by atoms with Crippen molar-refractivity contribution in [2.75, 3.05) is 12.0 Å². The van der Waals surface area contributed by atoms with Crippen molar-refractivity contribution in [1.82, 2.24) is 0 Å². The van der Waals surface area contributed by atoms with Crippen molar-refractivity contribution in [3.8, 4) is 0 Å². The number of allylic oxidation sites excluding steroid dienone is 1. The molecule has 0 radical (unpaired) electrons. The van der Waals surface area contributed by atoms with Crippen LogP contribution in [0.15, 0.2) is 42.0 Å². The molecule has 0 amide bonds. The normalized spacial score (nSPS) is 18.1. The first-order valence-electron chi connectivity index (χ1n) is 8.28. The fourth-order valence-corrected chi connectivity index (χ4v) is 10.6. The Morgan fingerprint density at radius 3 is 2.32 bits per heavy atom. The number of Topliss-reactive ketones (excluding diaryl/α,β-unsaturated/α-hetero) is 1. The molecule has 1 aliphatic carbocycles. The van der Waals surface area contributed by atoms with E-state index in [1.54, 1.807) is 5.57 Å². The molecule has 1 fully saturated rings. The molecule has 22 heavy (non-hydrogen) atoms. The van der Waals surface area contributed by atoms with Gasteiger partial charge in [-0.1, -0.05) is 55.5 Å². The van der Waals surface area contributed by atoms with Gasteiger partial charge in [-0.3, -0.25) is 4.79 Å². The van der Waals surface area contributed by atoms with Crippen LogP contribution in [0, 0.1) is 0 Å². The lowest BCUT2D eigenvalue weighted by Crippen LogP contribution is -2.50. The largest absolute Gasteiger partial charge is 0.289 e. The highest BCUT2D eigenvalue weighted by molar-refractivity contribution is 7.99. The minimum absolute atomic E-state index is 0.132. The molecular weight excluding hydrogens is 304 g/mol. The van der Waals surface area contributed by atoms with Gasteiger partial charge < -0.3 is 0 Å². The topological polar surface area (TPSA) is 17.1 Å². The predicted octanol–water partition coefficient (Wildman–Crippen LogP) is 4.86. The SMILES string of the molecule is C[S+](CC=C1CCCC1)C(C(=O)c1ccccc1)[Si](C)(C)C. The van der Waals surface area contributed by atoms with Gasteiger partial charge in [0.05, 0.1) is 6.26 Å². The summed E-state index contributed by atoms with van der Waals surface area (Å²) in [5.41, 5.74) is 2.52. The second kappa shape index (κ2) is 7.65. The summed E-state index contributed by atoms with van der Waals surface area (Å²) in [6.07, 6.45) is 10.0. The van der Waals surface area contributed by atoms with E-state index in [2.05, 4.69) is 32.0 Å². The van der Waals surface area contributed by atoms with Crippen molar-refractivity contribution < 1.29 is 4.79 Å². The van der Waals surface area contributed by atoms with Crippen molar-refractivity contribution in [3.05, 3.63) is 47.5 Å². The maximum Gasteiger partial charge on any atom is 0.210 e. The Kier molecular flexibility index (Phi) is 6.10. The number of hydrogen-bond donors (Lipinski definition) is 0.